The van der Waals surface area contributed by atoms with Gasteiger partial charge in [-0.05, 0) is 0 Å². The third-order valence-electron chi connectivity index (χ3n) is 0.474. The summed E-state index contributed by atoms with van der Waals surface area (Å²) in [4.78, 5) is 0. The lowest BCUT2D eigenvalue weighted by molar-refractivity contribution is 1.12. The monoisotopic (exact) mass is 152 g/mol. The summed E-state index contributed by atoms with van der Waals surface area (Å²) in [6.07, 6.45) is 0. The molecule has 6 heavy (non-hydrogen) atoms. The molecule has 0 saturated heterocycles. The summed E-state index contributed by atoms with van der Waals surface area (Å²) < 4.78 is 5.86. The van der Waals surface area contributed by atoms with Gasteiger partial charge >= 0.3 is 0 Å². The van der Waals surface area contributed by atoms with Gasteiger partial charge in [0.05, 0.1) is 31.2 Å². The Labute approximate surface area is 50.2 Å². The van der Waals surface area contributed by atoms with E-state index < -0.39 is 0 Å². The molecule has 0 saturated carbocycles. The molecule has 0 aromatic rings. The van der Waals surface area contributed by atoms with E-state index in [0.29, 0.717) is 0 Å². The van der Waals surface area contributed by atoms with Crippen LogP contribution < -0.4 is 4.65 Å². The second-order valence-corrected chi connectivity index (χ2v) is 13.4. The second kappa shape index (κ2) is 3.96. The highest BCUT2D eigenvalue weighted by atomic mass is 28.3. The third kappa shape index (κ3) is 4.79. The lowest BCUT2D eigenvalue weighted by Crippen LogP contribution is -2.32. The Morgan fingerprint density at radius 1 is 1.50 bits per heavy atom. The van der Waals surface area contributed by atoms with Crippen molar-refractivity contribution in [1.82, 2.24) is 8.54 Å². The van der Waals surface area contributed by atoms with Gasteiger partial charge in [0.25, 0.3) is 0 Å². The van der Waals surface area contributed by atoms with Crippen molar-refractivity contribution in [2.45, 2.75) is 0 Å². The summed E-state index contributed by atoms with van der Waals surface area (Å²) in [6, 6.07) is 0. The maximum absolute atomic E-state index is 3.34. The predicted octanol–water partition coefficient (Wildman–Crippen LogP) is -5.28. The van der Waals surface area contributed by atoms with Crippen LogP contribution in [0.2, 0.25) is 0 Å². The Balaban J connectivity index is 2.63. The highest BCUT2D eigenvalue weighted by Crippen LogP contribution is 1.51. The van der Waals surface area contributed by atoms with Crippen molar-refractivity contribution in [1.29, 1.82) is 0 Å². The maximum Gasteiger partial charge on any atom is 0.148 e. The molecule has 0 spiro atoms. The van der Waals surface area contributed by atoms with Crippen LogP contribution >= 0.6 is 0 Å². The number of hydrogen-bond acceptors (Lipinski definition) is 2. The molecule has 0 aliphatic heterocycles. The largest absolute Gasteiger partial charge is 0.376 e. The normalized spacial score (nSPS) is 13.5. The fourth-order valence-electron chi connectivity index (χ4n) is 0.316. The molecule has 0 aromatic carbocycles. The minimum absolute atomic E-state index is 0.125. The van der Waals surface area contributed by atoms with Gasteiger partial charge in [-0.15, -0.1) is 0 Å². The zero-order chi connectivity index (χ0) is 4.99. The van der Waals surface area contributed by atoms with Gasteiger partial charge in [0.15, 0.2) is 0 Å². The van der Waals surface area contributed by atoms with Gasteiger partial charge in [-0.3, -0.25) is 0 Å². The molecule has 0 unspecified atom stereocenters. The van der Waals surface area contributed by atoms with Crippen LogP contribution in [0.4, 0.5) is 0 Å². The quantitative estimate of drug-likeness (QED) is 0.398. The molecule has 0 fully saturated rings. The van der Waals surface area contributed by atoms with Crippen LogP contribution in [-0.2, 0) is 0 Å². The zero-order valence-electron chi connectivity index (χ0n) is 4.65. The van der Waals surface area contributed by atoms with Crippen LogP contribution in [0, 0.1) is 0 Å². The molecule has 0 radical (unpaired) electrons. The number of nitrogens with one attached hydrogen (secondary N) is 1. The van der Waals surface area contributed by atoms with Crippen molar-refractivity contribution in [3.63, 3.8) is 0 Å². The average Bonchev–Trinajstić information content (AvgIpc) is 1.35. The highest BCUT2D eigenvalue weighted by Gasteiger charge is 1.79. The second-order valence-electron chi connectivity index (χ2n) is 1.59. The SMILES string of the molecule is [SiH3]N[SiH2]N([SiH3])[SiH3]. The van der Waals surface area contributed by atoms with Crippen LogP contribution in [-0.4, -0.2) is 45.0 Å². The maximum atomic E-state index is 3.34. The van der Waals surface area contributed by atoms with Gasteiger partial charge in [0, 0.05) is 0 Å². The standard InChI is InChI=1S/H12N2Si4/c3-1-6-2(4)5/h1H,6H2,3-5H3. The topological polar surface area (TPSA) is 15.3 Å². The number of nitrogens with zero attached hydrogens (tertiary/aromatic N) is 1. The average molecular weight is 152 g/mol. The smallest absolute Gasteiger partial charge is 0.148 e. The van der Waals surface area contributed by atoms with Crippen LogP contribution in [0.25, 0.3) is 0 Å². The van der Waals surface area contributed by atoms with Gasteiger partial charge in [0.2, 0.25) is 0 Å². The summed E-state index contributed by atoms with van der Waals surface area (Å²) in [5, 5.41) is 0. The fraction of sp³-hybridized carbons (Fsp3) is 0. The molecule has 0 aromatic heterocycles. The summed E-state index contributed by atoms with van der Waals surface area (Å²) in [5.41, 5.74) is 0. The van der Waals surface area contributed by atoms with E-state index >= 15 is 0 Å². The molecule has 0 aliphatic rings. The van der Waals surface area contributed by atoms with E-state index in [1.54, 1.807) is 0 Å². The minimum Gasteiger partial charge on any atom is -0.376 e. The molecule has 0 atom stereocenters. The van der Waals surface area contributed by atoms with Crippen molar-refractivity contribution in [2.75, 3.05) is 0 Å². The molecule has 0 bridgehead atoms. The first kappa shape index (κ1) is 6.79. The van der Waals surface area contributed by atoms with E-state index in [0.717, 1.165) is 0 Å². The zero-order valence-corrected chi connectivity index (χ0v) is 12.1. The van der Waals surface area contributed by atoms with Gasteiger partial charge < -0.3 is 8.54 Å². The van der Waals surface area contributed by atoms with E-state index in [1.165, 1.54) is 31.2 Å². The Hall–Kier alpha value is 0.788. The minimum atomic E-state index is 0.125. The van der Waals surface area contributed by atoms with Crippen molar-refractivity contribution in [2.24, 2.45) is 0 Å². The van der Waals surface area contributed by atoms with Gasteiger partial charge in [-0.2, -0.15) is 0 Å². The highest BCUT2D eigenvalue weighted by molar-refractivity contribution is 6.54. The van der Waals surface area contributed by atoms with Crippen molar-refractivity contribution >= 4 is 41.1 Å². The molecule has 0 amide bonds. The van der Waals surface area contributed by atoms with Crippen LogP contribution in [0.15, 0.2) is 0 Å². The van der Waals surface area contributed by atoms with Crippen LogP contribution in [0.3, 0.4) is 0 Å². The van der Waals surface area contributed by atoms with Gasteiger partial charge in [0.1, 0.15) is 9.84 Å². The number of rotatable bonds is 2. The fourth-order valence-corrected chi connectivity index (χ4v) is 8.54. The molecule has 0 heterocycles. The van der Waals surface area contributed by atoms with E-state index in [1.807, 2.05) is 0 Å². The predicted molar refractivity (Wildman–Crippen MR) is 43.3 cm³/mol. The van der Waals surface area contributed by atoms with Crippen LogP contribution in [0.1, 0.15) is 0 Å². The van der Waals surface area contributed by atoms with Crippen molar-refractivity contribution in [3.8, 4) is 0 Å². The van der Waals surface area contributed by atoms with Crippen molar-refractivity contribution < 1.29 is 0 Å². The summed E-state index contributed by atoms with van der Waals surface area (Å²) in [5.74, 6) is 0. The van der Waals surface area contributed by atoms with Gasteiger partial charge in [-0.25, -0.2) is 0 Å². The molecule has 0 rings (SSSR count). The first-order chi connectivity index (χ1) is 2.77. The Bertz CT molecular complexity index is 26.7. The molecule has 0 aliphatic carbocycles. The molecule has 38 valence electrons. The van der Waals surface area contributed by atoms with E-state index in [4.69, 9.17) is 0 Å². The lowest BCUT2D eigenvalue weighted by Gasteiger charge is -2.05. The summed E-state index contributed by atoms with van der Waals surface area (Å²) >= 11 is 0. The molecule has 6 heteroatoms. The summed E-state index contributed by atoms with van der Waals surface area (Å²) in [7, 11) is 3.92. The summed E-state index contributed by atoms with van der Waals surface area (Å²) in [6.45, 7) is 0. The van der Waals surface area contributed by atoms with Crippen molar-refractivity contribution in [3.05, 3.63) is 0 Å². The molecule has 1 N–H and O–H groups in total. The van der Waals surface area contributed by atoms with E-state index in [9.17, 15) is 0 Å². The Morgan fingerprint density at radius 2 is 2.00 bits per heavy atom. The molecule has 2 nitrogen and oxygen atoms in total. The Morgan fingerprint density at radius 3 is 2.00 bits per heavy atom. The first-order valence-corrected chi connectivity index (χ1v) is 6.19. The van der Waals surface area contributed by atoms with E-state index in [-0.39, 0.29) is 9.84 Å². The van der Waals surface area contributed by atoms with Gasteiger partial charge in [-0.1, -0.05) is 0 Å². The number of hydrogen-bond donors (Lipinski definition) is 1. The van der Waals surface area contributed by atoms with Crippen LogP contribution in [0.5, 0.6) is 0 Å². The molecular weight excluding hydrogens is 140 g/mol. The molecular formula is H12N2Si4. The third-order valence-corrected chi connectivity index (χ3v) is 4.27. The lowest BCUT2D eigenvalue weighted by atomic mass is 13.8. The Kier molecular flexibility index (Phi) is 4.48. The first-order valence-electron chi connectivity index (χ1n) is 2.06. The van der Waals surface area contributed by atoms with E-state index in [2.05, 4.69) is 8.54 Å².